The molecule has 0 bridgehead atoms. The maximum absolute atomic E-state index is 4.93. The Morgan fingerprint density at radius 2 is 1.11 bits per heavy atom. The van der Waals surface area contributed by atoms with Crippen molar-refractivity contribution in [2.75, 3.05) is 0 Å². The number of benzene rings is 1. The Hall–Kier alpha value is -0.357. The molecule has 0 radical (unpaired) electrons. The molecule has 4 unspecified atom stereocenters. The van der Waals surface area contributed by atoms with E-state index in [0.29, 0.717) is 0 Å². The molecule has 0 saturated heterocycles. The number of hydrogen-bond donors (Lipinski definition) is 0. The third-order valence-corrected chi connectivity index (χ3v) is 8.01. The van der Waals surface area contributed by atoms with E-state index in [4.69, 9.17) is 17.0 Å². The first-order chi connectivity index (χ1) is 16.7. The van der Waals surface area contributed by atoms with Gasteiger partial charge in [0.2, 0.25) is 0 Å². The Balaban J connectivity index is 0.000000310. The van der Waals surface area contributed by atoms with E-state index in [1.54, 1.807) is 0 Å². The van der Waals surface area contributed by atoms with Gasteiger partial charge in [-0.05, 0) is 73.2 Å². The number of hydrogen-bond acceptors (Lipinski definition) is 0. The van der Waals surface area contributed by atoms with Gasteiger partial charge in [-0.15, -0.1) is 0 Å². The van der Waals surface area contributed by atoms with Gasteiger partial charge in [-0.3, -0.25) is 0 Å². The van der Waals surface area contributed by atoms with E-state index in [0.717, 1.165) is 35.5 Å². The molecule has 36 heavy (non-hydrogen) atoms. The van der Waals surface area contributed by atoms with Gasteiger partial charge in [0.25, 0.3) is 0 Å². The van der Waals surface area contributed by atoms with Crippen LogP contribution in [0.15, 0.2) is 78.9 Å². The Bertz CT molecular complexity index is 757. The summed E-state index contributed by atoms with van der Waals surface area (Å²) < 4.78 is 0. The summed E-state index contributed by atoms with van der Waals surface area (Å²) in [7, 11) is 9.87. The molecule has 3 heteroatoms. The Labute approximate surface area is 242 Å². The zero-order chi connectivity index (χ0) is 24.0. The van der Waals surface area contributed by atoms with Crippen molar-refractivity contribution in [3.05, 3.63) is 99.4 Å². The first-order valence-electron chi connectivity index (χ1n) is 13.4. The van der Waals surface area contributed by atoms with E-state index in [-0.39, 0.29) is 14.9 Å². The number of rotatable bonds is 7. The monoisotopic (exact) mass is 604 g/mol. The predicted molar refractivity (Wildman–Crippen MR) is 159 cm³/mol. The van der Waals surface area contributed by atoms with Gasteiger partial charge in [-0.2, -0.15) is 0 Å². The van der Waals surface area contributed by atoms with Gasteiger partial charge in [-0.25, -0.2) is 0 Å². The van der Waals surface area contributed by atoms with E-state index in [9.17, 15) is 0 Å². The van der Waals surface area contributed by atoms with Crippen molar-refractivity contribution in [3.8, 4) is 0 Å². The number of allylic oxidation sites excluding steroid dienone is 8. The van der Waals surface area contributed by atoms with E-state index in [1.165, 1.54) is 69.8 Å². The summed E-state index contributed by atoms with van der Waals surface area (Å²) in [6, 6.07) is 10.9. The van der Waals surface area contributed by atoms with E-state index in [1.807, 2.05) is 0 Å². The van der Waals surface area contributed by atoms with Gasteiger partial charge in [0.1, 0.15) is 0 Å². The molecule has 4 atom stereocenters. The van der Waals surface area contributed by atoms with Gasteiger partial charge in [0.15, 0.2) is 0 Å². The van der Waals surface area contributed by atoms with Crippen LogP contribution in [0.1, 0.15) is 70.3 Å². The Morgan fingerprint density at radius 3 is 1.56 bits per heavy atom. The zero-order valence-corrected chi connectivity index (χ0v) is 26.8. The molecule has 0 aliphatic heterocycles. The zero-order valence-electron chi connectivity index (χ0n) is 22.8. The second-order valence-corrected chi connectivity index (χ2v) is 14.2. The summed E-state index contributed by atoms with van der Waals surface area (Å²) in [6.45, 7) is 2.29. The molecule has 5 rings (SSSR count). The molecule has 0 aromatic heterocycles. The van der Waals surface area contributed by atoms with Crippen LogP contribution in [0.3, 0.4) is 0 Å². The molecule has 1 aromatic rings. The predicted octanol–water partition coefficient (Wildman–Crippen LogP) is 11.0. The van der Waals surface area contributed by atoms with Crippen molar-refractivity contribution in [2.24, 2.45) is 35.5 Å². The van der Waals surface area contributed by atoms with Crippen LogP contribution in [0.4, 0.5) is 0 Å². The molecule has 2 fully saturated rings. The van der Waals surface area contributed by atoms with Crippen LogP contribution < -0.4 is 0 Å². The second kappa shape index (κ2) is 19.7. The minimum absolute atomic E-state index is 0. The molecular weight excluding hydrogens is 558 g/mol. The van der Waals surface area contributed by atoms with Gasteiger partial charge in [-0.1, -0.05) is 118 Å². The third-order valence-electron chi connectivity index (χ3n) is 8.01. The van der Waals surface area contributed by atoms with E-state index in [2.05, 4.69) is 85.9 Å². The van der Waals surface area contributed by atoms with Gasteiger partial charge < -0.3 is 14.9 Å². The molecule has 4 aliphatic carbocycles. The van der Waals surface area contributed by atoms with Crippen molar-refractivity contribution in [1.82, 2.24) is 0 Å². The topological polar surface area (TPSA) is 0 Å². The summed E-state index contributed by atoms with van der Waals surface area (Å²) in [6.07, 6.45) is 32.7. The first kappa shape index (κ1) is 33.7. The van der Waals surface area contributed by atoms with Crippen molar-refractivity contribution in [2.45, 2.75) is 71.1 Å². The van der Waals surface area contributed by atoms with Crippen LogP contribution in [-0.4, -0.2) is 0 Å². The molecule has 0 spiro atoms. The van der Waals surface area contributed by atoms with Crippen LogP contribution in [-0.2, 0) is 27.3 Å². The molecule has 0 amide bonds. The van der Waals surface area contributed by atoms with Crippen LogP contribution in [0, 0.1) is 50.4 Å². The van der Waals surface area contributed by atoms with Crippen LogP contribution in [0.25, 0.3) is 0 Å². The summed E-state index contributed by atoms with van der Waals surface area (Å²) in [5, 5.41) is 0. The molecule has 0 N–H and O–H groups in total. The molecule has 1 aromatic carbocycles. The normalized spacial score (nSPS) is 28.2. The van der Waals surface area contributed by atoms with Crippen LogP contribution in [0.2, 0.25) is 0 Å². The average Bonchev–Trinajstić information content (AvgIpc) is 3.46. The summed E-state index contributed by atoms with van der Waals surface area (Å²) in [5.74, 6) is 5.30. The van der Waals surface area contributed by atoms with Gasteiger partial charge in [0.05, 0.1) is 0 Å². The summed E-state index contributed by atoms with van der Waals surface area (Å²) in [4.78, 5) is 0. The number of unbranched alkanes of at least 4 members (excludes halogenated alkanes) is 3. The van der Waals surface area contributed by atoms with Crippen molar-refractivity contribution in [3.63, 3.8) is 0 Å². The quantitative estimate of drug-likeness (QED) is 0.214. The number of halogens is 2. The van der Waals surface area contributed by atoms with Crippen LogP contribution >= 0.6 is 17.0 Å². The SMILES string of the molecule is C1=CC2CC(Cc3ccccc3)CC2C=C1.CCCCCCC1CC2C=CC=CC2C1.[CH3-].[CH3-].[Cl][Zr+2][Cl]. The van der Waals surface area contributed by atoms with Gasteiger partial charge in [0, 0.05) is 0 Å². The van der Waals surface area contributed by atoms with Crippen molar-refractivity contribution < 1.29 is 20.8 Å². The molecular formula is C33H48Cl2Zr. The molecule has 198 valence electrons. The molecule has 0 nitrogen and oxygen atoms in total. The Kier molecular flexibility index (Phi) is 18.4. The van der Waals surface area contributed by atoms with E-state index >= 15 is 0 Å². The summed E-state index contributed by atoms with van der Waals surface area (Å²) >= 11 is -0.826. The van der Waals surface area contributed by atoms with E-state index < -0.39 is 20.8 Å². The fourth-order valence-electron chi connectivity index (χ4n) is 6.35. The molecule has 4 aliphatic rings. The summed E-state index contributed by atoms with van der Waals surface area (Å²) in [5.41, 5.74) is 1.50. The fraction of sp³-hybridized carbons (Fsp3) is 0.515. The second-order valence-electron chi connectivity index (χ2n) is 10.5. The first-order valence-corrected chi connectivity index (χ1v) is 19.8. The minimum atomic E-state index is -0.826. The van der Waals surface area contributed by atoms with Crippen molar-refractivity contribution in [1.29, 1.82) is 0 Å². The number of fused-ring (bicyclic) bond motifs is 2. The fourth-order valence-corrected chi connectivity index (χ4v) is 6.35. The van der Waals surface area contributed by atoms with Crippen molar-refractivity contribution >= 4 is 17.0 Å². The third kappa shape index (κ3) is 11.6. The molecule has 0 heterocycles. The maximum atomic E-state index is 4.93. The average molecular weight is 607 g/mol. The molecule has 2 saturated carbocycles. The Morgan fingerprint density at radius 1 is 0.667 bits per heavy atom. The standard InChI is InChI=1S/C16H18.C15H24.2CH3.2ClH.Zr/c1-2-6-13(7-3-1)10-14-11-15-8-4-5-9-16(15)12-14;1-2-3-4-5-8-13-11-14-9-6-7-10-15(14)12-13;;;;;/h1-9,14-16H,10-12H2;6-7,9-10,13-15H,2-5,8,11-12H2,1H3;2*1H3;2*1H;/q;;2*-1;;;+4/p-2. The van der Waals surface area contributed by atoms with Crippen LogP contribution in [0.5, 0.6) is 0 Å². The van der Waals surface area contributed by atoms with Gasteiger partial charge >= 0.3 is 37.9 Å².